The average molecular weight is 394 g/mol. The number of hydroxylamine groups is 1. The van der Waals surface area contributed by atoms with E-state index in [0.717, 1.165) is 54.0 Å². The highest BCUT2D eigenvalue weighted by Crippen LogP contribution is 2.14. The summed E-state index contributed by atoms with van der Waals surface area (Å²) in [5, 5.41) is 15.3. The fourth-order valence-electron chi connectivity index (χ4n) is 2.66. The third-order valence-corrected chi connectivity index (χ3v) is 4.21. The predicted octanol–water partition coefficient (Wildman–Crippen LogP) is 3.30. The van der Waals surface area contributed by atoms with Gasteiger partial charge in [-0.3, -0.25) is 0 Å². The first kappa shape index (κ1) is 22.4. The first-order chi connectivity index (χ1) is 14.2. The van der Waals surface area contributed by atoms with Crippen LogP contribution >= 0.6 is 0 Å². The molecule has 154 valence electrons. The molecule has 1 aromatic heterocycles. The molecule has 1 aromatic carbocycles. The topological polar surface area (TPSA) is 95.2 Å². The predicted molar refractivity (Wildman–Crippen MR) is 119 cm³/mol. The summed E-state index contributed by atoms with van der Waals surface area (Å²) in [5.41, 5.74) is 11.8. The molecular formula is C23H31N5O. The molecule has 1 atom stereocenters. The van der Waals surface area contributed by atoms with E-state index >= 15 is 0 Å². The average Bonchev–Trinajstić information content (AvgIpc) is 2.74. The van der Waals surface area contributed by atoms with Gasteiger partial charge in [-0.1, -0.05) is 50.3 Å². The zero-order chi connectivity index (χ0) is 20.9. The number of unbranched alkanes of at least 4 members (excludes halogenated alkanes) is 1. The van der Waals surface area contributed by atoms with Crippen LogP contribution in [0.25, 0.3) is 5.70 Å². The van der Waals surface area contributed by atoms with Crippen LogP contribution in [-0.4, -0.2) is 29.4 Å². The highest BCUT2D eigenvalue weighted by molar-refractivity contribution is 5.65. The van der Waals surface area contributed by atoms with E-state index in [2.05, 4.69) is 52.9 Å². The van der Waals surface area contributed by atoms with Crippen LogP contribution in [0.1, 0.15) is 49.8 Å². The summed E-state index contributed by atoms with van der Waals surface area (Å²) in [6, 6.07) is 11.9. The van der Waals surface area contributed by atoms with Crippen LogP contribution in [0.15, 0.2) is 48.7 Å². The van der Waals surface area contributed by atoms with Crippen molar-refractivity contribution in [3.05, 3.63) is 65.4 Å². The minimum Gasteiger partial charge on any atom is -0.370 e. The molecule has 0 bridgehead atoms. The van der Waals surface area contributed by atoms with Crippen LogP contribution in [0.5, 0.6) is 0 Å². The number of pyridine rings is 1. The van der Waals surface area contributed by atoms with Gasteiger partial charge in [-0.05, 0) is 42.7 Å². The molecule has 2 rings (SSSR count). The van der Waals surface area contributed by atoms with Crippen molar-refractivity contribution < 1.29 is 5.21 Å². The van der Waals surface area contributed by atoms with E-state index in [4.69, 9.17) is 10.9 Å². The normalized spacial score (nSPS) is 12.1. The second-order valence-electron chi connectivity index (χ2n) is 6.68. The minimum absolute atomic E-state index is 0.256. The van der Waals surface area contributed by atoms with Crippen LogP contribution in [0.2, 0.25) is 0 Å². The van der Waals surface area contributed by atoms with Crippen molar-refractivity contribution in [1.82, 2.24) is 15.8 Å². The summed E-state index contributed by atoms with van der Waals surface area (Å²) in [7, 11) is 0. The Morgan fingerprint density at radius 3 is 2.48 bits per heavy atom. The fraction of sp³-hybridized carbons (Fsp3) is 0.348. The number of hydrogen-bond acceptors (Lipinski definition) is 6. The number of hydrogen-bond donors (Lipinski definition) is 5. The van der Waals surface area contributed by atoms with Gasteiger partial charge in [-0.15, -0.1) is 0 Å². The Morgan fingerprint density at radius 1 is 1.14 bits per heavy atom. The Morgan fingerprint density at radius 2 is 1.86 bits per heavy atom. The summed E-state index contributed by atoms with van der Waals surface area (Å²) in [4.78, 5) is 4.40. The van der Waals surface area contributed by atoms with Gasteiger partial charge in [0.15, 0.2) is 0 Å². The van der Waals surface area contributed by atoms with Crippen LogP contribution < -0.4 is 21.8 Å². The van der Waals surface area contributed by atoms with Crippen molar-refractivity contribution >= 4 is 11.5 Å². The maximum Gasteiger partial charge on any atom is 0.125 e. The molecule has 1 heterocycles. The fourth-order valence-corrected chi connectivity index (χ4v) is 2.66. The molecule has 0 radical (unpaired) electrons. The number of nitrogens with one attached hydrogen (secondary N) is 3. The van der Waals surface area contributed by atoms with Crippen LogP contribution in [0.4, 0.5) is 5.82 Å². The number of benzene rings is 1. The molecule has 1 unspecified atom stereocenters. The standard InChI is InChI=1S/C23H31N5O/c1-3-5-15-25-23-14-11-19(16-26-23)8-7-18-9-12-20(13-10-18)21(6-4-2)28-22(24)17-27-29/h6,9-14,16,22,27-29H,3-5,15,17,24H2,1-2H3,(H,25,26)/b21-6+. The summed E-state index contributed by atoms with van der Waals surface area (Å²) >= 11 is 0. The van der Waals surface area contributed by atoms with Crippen LogP contribution in [0, 0.1) is 11.8 Å². The Hall–Kier alpha value is -2.85. The lowest BCUT2D eigenvalue weighted by atomic mass is 10.1. The molecule has 6 N–H and O–H groups in total. The van der Waals surface area contributed by atoms with Gasteiger partial charge >= 0.3 is 0 Å². The van der Waals surface area contributed by atoms with E-state index in [0.29, 0.717) is 0 Å². The maximum atomic E-state index is 8.79. The van der Waals surface area contributed by atoms with E-state index in [9.17, 15) is 0 Å². The summed E-state index contributed by atoms with van der Waals surface area (Å²) in [5.74, 6) is 7.21. The van der Waals surface area contributed by atoms with Gasteiger partial charge in [0.05, 0.1) is 12.7 Å². The lowest BCUT2D eigenvalue weighted by Crippen LogP contribution is -2.43. The van der Waals surface area contributed by atoms with Crippen LogP contribution in [-0.2, 0) is 0 Å². The molecule has 0 aliphatic carbocycles. The zero-order valence-corrected chi connectivity index (χ0v) is 17.2. The van der Waals surface area contributed by atoms with E-state index in [-0.39, 0.29) is 12.7 Å². The zero-order valence-electron chi connectivity index (χ0n) is 17.2. The second kappa shape index (κ2) is 12.6. The second-order valence-corrected chi connectivity index (χ2v) is 6.68. The molecule has 0 aliphatic rings. The highest BCUT2D eigenvalue weighted by Gasteiger charge is 2.06. The van der Waals surface area contributed by atoms with Crippen molar-refractivity contribution in [3.8, 4) is 11.8 Å². The first-order valence-electron chi connectivity index (χ1n) is 10.1. The summed E-state index contributed by atoms with van der Waals surface area (Å²) in [6.45, 7) is 5.43. The molecule has 2 aromatic rings. The van der Waals surface area contributed by atoms with Gasteiger partial charge in [0.1, 0.15) is 5.82 Å². The number of nitrogens with zero attached hydrogens (tertiary/aromatic N) is 1. The quantitative estimate of drug-likeness (QED) is 0.184. The number of allylic oxidation sites excluding steroid dienone is 1. The van der Waals surface area contributed by atoms with Gasteiger partial charge in [-0.2, -0.15) is 0 Å². The van der Waals surface area contributed by atoms with Gasteiger partial charge in [-0.25, -0.2) is 10.5 Å². The molecular weight excluding hydrogens is 362 g/mol. The first-order valence-corrected chi connectivity index (χ1v) is 10.1. The minimum atomic E-state index is -0.385. The third kappa shape index (κ3) is 7.96. The van der Waals surface area contributed by atoms with Crippen molar-refractivity contribution in [2.45, 2.75) is 39.3 Å². The third-order valence-electron chi connectivity index (χ3n) is 4.21. The van der Waals surface area contributed by atoms with E-state index in [1.807, 2.05) is 36.4 Å². The number of aromatic nitrogens is 1. The Bertz CT molecular complexity index is 819. The Labute approximate surface area is 173 Å². The van der Waals surface area contributed by atoms with Crippen LogP contribution in [0.3, 0.4) is 0 Å². The molecule has 0 spiro atoms. The highest BCUT2D eigenvalue weighted by atomic mass is 16.5. The monoisotopic (exact) mass is 393 g/mol. The Balaban J connectivity index is 2.02. The molecule has 29 heavy (non-hydrogen) atoms. The molecule has 0 amide bonds. The number of nitrogens with two attached hydrogens (primary N) is 1. The molecule has 0 fully saturated rings. The van der Waals surface area contributed by atoms with Gasteiger partial charge < -0.3 is 21.6 Å². The van der Waals surface area contributed by atoms with Crippen molar-refractivity contribution in [2.24, 2.45) is 5.73 Å². The summed E-state index contributed by atoms with van der Waals surface area (Å²) in [6.07, 6.45) is 6.64. The number of anilines is 1. The molecule has 6 nitrogen and oxygen atoms in total. The maximum absolute atomic E-state index is 8.79. The van der Waals surface area contributed by atoms with Crippen molar-refractivity contribution in [1.29, 1.82) is 0 Å². The van der Waals surface area contributed by atoms with Crippen molar-refractivity contribution in [3.63, 3.8) is 0 Å². The van der Waals surface area contributed by atoms with E-state index in [1.54, 1.807) is 6.20 Å². The molecule has 6 heteroatoms. The lowest BCUT2D eigenvalue weighted by Gasteiger charge is -2.17. The summed E-state index contributed by atoms with van der Waals surface area (Å²) < 4.78 is 0. The largest absolute Gasteiger partial charge is 0.370 e. The molecule has 0 aliphatic heterocycles. The lowest BCUT2D eigenvalue weighted by molar-refractivity contribution is 0.158. The smallest absolute Gasteiger partial charge is 0.125 e. The Kier molecular flexibility index (Phi) is 9.73. The molecule has 0 saturated heterocycles. The van der Waals surface area contributed by atoms with Gasteiger partial charge in [0.2, 0.25) is 0 Å². The van der Waals surface area contributed by atoms with E-state index < -0.39 is 0 Å². The SMILES string of the molecule is CC/C=C(/NC(N)CNO)c1ccc(C#Cc2ccc(NCCCC)nc2)cc1. The van der Waals surface area contributed by atoms with Gasteiger partial charge in [0, 0.05) is 29.6 Å². The van der Waals surface area contributed by atoms with E-state index in [1.165, 1.54) is 0 Å². The molecule has 0 saturated carbocycles. The van der Waals surface area contributed by atoms with Gasteiger partial charge in [0.25, 0.3) is 0 Å². The number of rotatable bonds is 10. The van der Waals surface area contributed by atoms with Crippen molar-refractivity contribution in [2.75, 3.05) is 18.4 Å².